The zero-order valence-electron chi connectivity index (χ0n) is 11.8. The Hall–Kier alpha value is -1.05. The number of halogens is 2. The number of rotatable bonds is 4. The minimum Gasteiger partial charge on any atom is -0.396 e. The lowest BCUT2D eigenvalue weighted by Gasteiger charge is -2.35. The van der Waals surface area contributed by atoms with Crippen molar-refractivity contribution < 1.29 is 22.3 Å². The Labute approximate surface area is 123 Å². The minimum absolute atomic E-state index is 0.0134. The van der Waals surface area contributed by atoms with Crippen LogP contribution in [0.1, 0.15) is 17.5 Å². The van der Waals surface area contributed by atoms with Crippen molar-refractivity contribution in [1.82, 2.24) is 4.90 Å². The van der Waals surface area contributed by atoms with Gasteiger partial charge in [-0.3, -0.25) is 4.90 Å². The molecule has 0 aliphatic carbocycles. The second-order valence-corrected chi connectivity index (χ2v) is 7.64. The molecule has 0 spiro atoms. The molecule has 21 heavy (non-hydrogen) atoms. The second kappa shape index (κ2) is 6.37. The van der Waals surface area contributed by atoms with Gasteiger partial charge in [0, 0.05) is 31.3 Å². The van der Waals surface area contributed by atoms with Crippen LogP contribution in [0, 0.1) is 18.6 Å². The van der Waals surface area contributed by atoms with Gasteiger partial charge in [0.2, 0.25) is 0 Å². The molecule has 1 unspecified atom stereocenters. The third-order valence-corrected chi connectivity index (χ3v) is 5.55. The zero-order chi connectivity index (χ0) is 15.6. The SMILES string of the molecule is Cc1ccc(F)c(CN2CCS(=O)(=O)CC2CCO)c1F. The number of sulfone groups is 1. The van der Waals surface area contributed by atoms with Gasteiger partial charge in [0.1, 0.15) is 11.6 Å². The first-order valence-electron chi connectivity index (χ1n) is 6.83. The molecular weight excluding hydrogens is 300 g/mol. The van der Waals surface area contributed by atoms with Gasteiger partial charge in [-0.05, 0) is 25.0 Å². The molecule has 1 aliphatic heterocycles. The third-order valence-electron chi connectivity index (χ3n) is 3.85. The largest absolute Gasteiger partial charge is 0.396 e. The first-order valence-corrected chi connectivity index (χ1v) is 8.65. The molecule has 1 aromatic rings. The quantitative estimate of drug-likeness (QED) is 0.908. The molecule has 7 heteroatoms. The van der Waals surface area contributed by atoms with Crippen LogP contribution in [-0.4, -0.2) is 49.1 Å². The number of nitrogens with zero attached hydrogens (tertiary/aromatic N) is 1. The molecule has 1 atom stereocenters. The highest BCUT2D eigenvalue weighted by atomic mass is 32.2. The van der Waals surface area contributed by atoms with Crippen molar-refractivity contribution >= 4 is 9.84 Å². The number of hydrogen-bond acceptors (Lipinski definition) is 4. The van der Waals surface area contributed by atoms with Crippen LogP contribution in [0.25, 0.3) is 0 Å². The lowest BCUT2D eigenvalue weighted by Crippen LogP contribution is -2.48. The fraction of sp³-hybridized carbons (Fsp3) is 0.571. The highest BCUT2D eigenvalue weighted by molar-refractivity contribution is 7.91. The molecule has 118 valence electrons. The lowest BCUT2D eigenvalue weighted by atomic mass is 10.1. The molecule has 1 heterocycles. The second-order valence-electron chi connectivity index (χ2n) is 5.41. The van der Waals surface area contributed by atoms with E-state index >= 15 is 0 Å². The van der Waals surface area contributed by atoms with E-state index in [2.05, 4.69) is 0 Å². The van der Waals surface area contributed by atoms with E-state index in [0.29, 0.717) is 5.56 Å². The standard InChI is InChI=1S/C14H19F2NO3S/c1-10-2-3-13(15)12(14(10)16)8-17-5-7-21(19,20)9-11(17)4-6-18/h2-3,11,18H,4-9H2,1H3. The summed E-state index contributed by atoms with van der Waals surface area (Å²) in [7, 11) is -3.15. The molecule has 2 rings (SSSR count). The summed E-state index contributed by atoms with van der Waals surface area (Å²) in [4.78, 5) is 1.73. The van der Waals surface area contributed by atoms with Gasteiger partial charge < -0.3 is 5.11 Å². The highest BCUT2D eigenvalue weighted by Crippen LogP contribution is 2.22. The summed E-state index contributed by atoms with van der Waals surface area (Å²) >= 11 is 0. The Morgan fingerprint density at radius 1 is 1.38 bits per heavy atom. The number of hydrogen-bond donors (Lipinski definition) is 1. The molecule has 1 N–H and O–H groups in total. The predicted molar refractivity (Wildman–Crippen MR) is 75.6 cm³/mol. The smallest absolute Gasteiger partial charge is 0.153 e. The summed E-state index contributed by atoms with van der Waals surface area (Å²) in [5.41, 5.74) is 0.312. The van der Waals surface area contributed by atoms with Crippen molar-refractivity contribution in [1.29, 1.82) is 0 Å². The van der Waals surface area contributed by atoms with Crippen LogP contribution in [0.5, 0.6) is 0 Å². The molecule has 0 saturated carbocycles. The van der Waals surface area contributed by atoms with E-state index in [4.69, 9.17) is 5.11 Å². The molecule has 0 amide bonds. The van der Waals surface area contributed by atoms with Gasteiger partial charge in [-0.15, -0.1) is 0 Å². The molecule has 4 nitrogen and oxygen atoms in total. The van der Waals surface area contributed by atoms with Crippen LogP contribution < -0.4 is 0 Å². The highest BCUT2D eigenvalue weighted by Gasteiger charge is 2.31. The monoisotopic (exact) mass is 319 g/mol. The molecule has 1 fully saturated rings. The van der Waals surface area contributed by atoms with Crippen molar-refractivity contribution in [2.24, 2.45) is 0 Å². The summed E-state index contributed by atoms with van der Waals surface area (Å²) in [6, 6.07) is 2.18. The van der Waals surface area contributed by atoms with E-state index in [-0.39, 0.29) is 43.2 Å². The first-order chi connectivity index (χ1) is 9.84. The van der Waals surface area contributed by atoms with Crippen LogP contribution in [0.4, 0.5) is 8.78 Å². The zero-order valence-corrected chi connectivity index (χ0v) is 12.7. The Balaban J connectivity index is 2.24. The minimum atomic E-state index is -3.15. The van der Waals surface area contributed by atoms with Gasteiger partial charge >= 0.3 is 0 Å². The van der Waals surface area contributed by atoms with Crippen LogP contribution >= 0.6 is 0 Å². The van der Waals surface area contributed by atoms with E-state index in [0.717, 1.165) is 0 Å². The molecule has 0 bridgehead atoms. The van der Waals surface area contributed by atoms with Gasteiger partial charge in [-0.1, -0.05) is 6.07 Å². The number of benzene rings is 1. The molecule has 0 radical (unpaired) electrons. The van der Waals surface area contributed by atoms with Crippen molar-refractivity contribution in [2.45, 2.75) is 25.9 Å². The van der Waals surface area contributed by atoms with E-state index in [1.165, 1.54) is 12.1 Å². The first kappa shape index (κ1) is 16.3. The molecule has 1 saturated heterocycles. The van der Waals surface area contributed by atoms with E-state index in [1.807, 2.05) is 0 Å². The number of aliphatic hydroxyl groups excluding tert-OH is 1. The topological polar surface area (TPSA) is 57.6 Å². The fourth-order valence-electron chi connectivity index (χ4n) is 2.61. The van der Waals surface area contributed by atoms with Crippen LogP contribution in [0.3, 0.4) is 0 Å². The van der Waals surface area contributed by atoms with Gasteiger partial charge in [0.05, 0.1) is 11.5 Å². The van der Waals surface area contributed by atoms with E-state index in [9.17, 15) is 17.2 Å². The summed E-state index contributed by atoms with van der Waals surface area (Å²) in [6.07, 6.45) is 0.272. The molecule has 1 aromatic carbocycles. The fourth-order valence-corrected chi connectivity index (χ4v) is 4.25. The van der Waals surface area contributed by atoms with Crippen LogP contribution in [-0.2, 0) is 16.4 Å². The molecular formula is C14H19F2NO3S. The third kappa shape index (κ3) is 3.78. The van der Waals surface area contributed by atoms with Crippen molar-refractivity contribution in [3.8, 4) is 0 Å². The van der Waals surface area contributed by atoms with Crippen LogP contribution in [0.15, 0.2) is 12.1 Å². The van der Waals surface area contributed by atoms with Crippen LogP contribution in [0.2, 0.25) is 0 Å². The van der Waals surface area contributed by atoms with Gasteiger partial charge in [0.15, 0.2) is 9.84 Å². The van der Waals surface area contributed by atoms with Crippen molar-refractivity contribution in [3.63, 3.8) is 0 Å². The predicted octanol–water partition coefficient (Wildman–Crippen LogP) is 1.25. The molecule has 0 aromatic heterocycles. The summed E-state index contributed by atoms with van der Waals surface area (Å²) < 4.78 is 51.2. The van der Waals surface area contributed by atoms with E-state index < -0.39 is 27.5 Å². The molecule has 1 aliphatic rings. The number of aryl methyl sites for hydroxylation is 1. The number of aliphatic hydroxyl groups is 1. The van der Waals surface area contributed by atoms with Crippen molar-refractivity contribution in [3.05, 3.63) is 34.9 Å². The average molecular weight is 319 g/mol. The van der Waals surface area contributed by atoms with Gasteiger partial charge in [0.25, 0.3) is 0 Å². The average Bonchev–Trinajstić information content (AvgIpc) is 2.41. The van der Waals surface area contributed by atoms with Crippen molar-refractivity contribution in [2.75, 3.05) is 24.7 Å². The van der Waals surface area contributed by atoms with E-state index in [1.54, 1.807) is 11.8 Å². The Kier molecular flexibility index (Phi) is 4.95. The Bertz CT molecular complexity index is 619. The van der Waals surface area contributed by atoms with Gasteiger partial charge in [-0.25, -0.2) is 17.2 Å². The lowest BCUT2D eigenvalue weighted by molar-refractivity contribution is 0.160. The maximum atomic E-state index is 14.0. The summed E-state index contributed by atoms with van der Waals surface area (Å²) in [5, 5.41) is 9.06. The summed E-state index contributed by atoms with van der Waals surface area (Å²) in [6.45, 7) is 1.64. The normalized spacial score (nSPS) is 22.4. The maximum Gasteiger partial charge on any atom is 0.153 e. The summed E-state index contributed by atoms with van der Waals surface area (Å²) in [5.74, 6) is -1.33. The van der Waals surface area contributed by atoms with Gasteiger partial charge in [-0.2, -0.15) is 0 Å². The maximum absolute atomic E-state index is 14.0. The Morgan fingerprint density at radius 2 is 2.10 bits per heavy atom. The Morgan fingerprint density at radius 3 is 2.76 bits per heavy atom.